The summed E-state index contributed by atoms with van der Waals surface area (Å²) in [7, 11) is -3.67. The summed E-state index contributed by atoms with van der Waals surface area (Å²) in [6.07, 6.45) is 0.471. The maximum absolute atomic E-state index is 9.79. The second kappa shape index (κ2) is 7.25. The Kier molecular flexibility index (Phi) is 7.16. The van der Waals surface area contributed by atoms with Crippen LogP contribution in [0.3, 0.4) is 0 Å². The van der Waals surface area contributed by atoms with Crippen LogP contribution in [0.5, 0.6) is 0 Å². The van der Waals surface area contributed by atoms with Crippen molar-refractivity contribution in [2.75, 3.05) is 32.1 Å². The summed E-state index contributed by atoms with van der Waals surface area (Å²) >= 11 is 0. The van der Waals surface area contributed by atoms with Gasteiger partial charge in [-0.15, -0.1) is 0 Å². The lowest BCUT2D eigenvalue weighted by Gasteiger charge is -2.10. The highest BCUT2D eigenvalue weighted by molar-refractivity contribution is 7.85. The Hall–Kier alpha value is -0.170. The monoisotopic (exact) mass is 211 g/mol. The van der Waals surface area contributed by atoms with Gasteiger partial charge in [0.15, 0.2) is 0 Å². The molecule has 0 saturated carbocycles. The van der Waals surface area contributed by atoms with E-state index in [0.29, 0.717) is 6.42 Å². The Bertz CT molecular complexity index is 187. The fourth-order valence-electron chi connectivity index (χ4n) is 0.774. The first-order valence-electron chi connectivity index (χ1n) is 4.30. The van der Waals surface area contributed by atoms with Crippen LogP contribution in [-0.2, 0) is 14.9 Å². The standard InChI is InChI=1S/C4H9NO.C3H8O3S/c1-3-6-4-2-5-1;1-2-3-7(4,5)6/h5H,1-4H2;2-3H2,1H3,(H,4,5,6). The minimum atomic E-state index is -3.67. The Labute approximate surface area is 79.2 Å². The van der Waals surface area contributed by atoms with Crippen molar-refractivity contribution in [1.82, 2.24) is 5.32 Å². The molecule has 1 saturated heterocycles. The molecule has 1 aliphatic heterocycles. The molecule has 0 atom stereocenters. The van der Waals surface area contributed by atoms with Crippen molar-refractivity contribution in [3.8, 4) is 0 Å². The predicted molar refractivity (Wildman–Crippen MR) is 50.4 cm³/mol. The van der Waals surface area contributed by atoms with E-state index in [2.05, 4.69) is 5.32 Å². The van der Waals surface area contributed by atoms with E-state index in [1.807, 2.05) is 0 Å². The molecule has 80 valence electrons. The molecule has 1 heterocycles. The van der Waals surface area contributed by atoms with Gasteiger partial charge in [-0.1, -0.05) is 6.92 Å². The molecule has 1 rings (SSSR count). The van der Waals surface area contributed by atoms with E-state index in [-0.39, 0.29) is 5.75 Å². The first kappa shape index (κ1) is 12.8. The molecule has 0 radical (unpaired) electrons. The van der Waals surface area contributed by atoms with Gasteiger partial charge < -0.3 is 10.1 Å². The van der Waals surface area contributed by atoms with E-state index in [9.17, 15) is 8.42 Å². The zero-order valence-corrected chi connectivity index (χ0v) is 8.64. The molecule has 0 amide bonds. The first-order chi connectivity index (χ1) is 6.06. The third-order valence-electron chi connectivity index (χ3n) is 1.31. The Morgan fingerprint density at radius 3 is 2.00 bits per heavy atom. The molecular weight excluding hydrogens is 194 g/mol. The molecule has 6 heteroatoms. The molecule has 5 nitrogen and oxygen atoms in total. The van der Waals surface area contributed by atoms with Crippen molar-refractivity contribution in [3.63, 3.8) is 0 Å². The number of ether oxygens (including phenoxy) is 1. The molecule has 1 aliphatic rings. The van der Waals surface area contributed by atoms with Crippen molar-refractivity contribution >= 4 is 10.1 Å². The fourth-order valence-corrected chi connectivity index (χ4v) is 1.29. The van der Waals surface area contributed by atoms with E-state index in [1.165, 1.54) is 0 Å². The molecule has 0 unspecified atom stereocenters. The van der Waals surface area contributed by atoms with Crippen LogP contribution in [-0.4, -0.2) is 45.0 Å². The number of morpholine rings is 1. The molecule has 0 spiro atoms. The zero-order chi connectivity index (χ0) is 10.2. The van der Waals surface area contributed by atoms with Gasteiger partial charge in [-0.2, -0.15) is 8.42 Å². The number of nitrogens with one attached hydrogen (secondary N) is 1. The van der Waals surface area contributed by atoms with E-state index in [1.54, 1.807) is 6.92 Å². The summed E-state index contributed by atoms with van der Waals surface area (Å²) in [6.45, 7) is 5.52. The lowest BCUT2D eigenvalue weighted by Crippen LogP contribution is -2.30. The van der Waals surface area contributed by atoms with Crippen LogP contribution in [0.15, 0.2) is 0 Å². The molecule has 0 aromatic rings. The average Bonchev–Trinajstić information content (AvgIpc) is 2.06. The Morgan fingerprint density at radius 2 is 1.92 bits per heavy atom. The smallest absolute Gasteiger partial charge is 0.264 e. The fraction of sp³-hybridized carbons (Fsp3) is 1.00. The molecule has 13 heavy (non-hydrogen) atoms. The van der Waals surface area contributed by atoms with Crippen LogP contribution in [0.25, 0.3) is 0 Å². The summed E-state index contributed by atoms with van der Waals surface area (Å²) in [5.41, 5.74) is 0. The minimum absolute atomic E-state index is 0.132. The van der Waals surface area contributed by atoms with Gasteiger partial charge in [-0.3, -0.25) is 4.55 Å². The third-order valence-corrected chi connectivity index (χ3v) is 2.23. The van der Waals surface area contributed by atoms with Crippen LogP contribution in [0, 0.1) is 0 Å². The minimum Gasteiger partial charge on any atom is -0.379 e. The lowest BCUT2D eigenvalue weighted by molar-refractivity contribution is 0.109. The molecule has 1 fully saturated rings. The zero-order valence-electron chi connectivity index (χ0n) is 7.82. The van der Waals surface area contributed by atoms with E-state index in [0.717, 1.165) is 26.3 Å². The van der Waals surface area contributed by atoms with Crippen LogP contribution in [0.4, 0.5) is 0 Å². The summed E-state index contributed by atoms with van der Waals surface area (Å²) in [4.78, 5) is 0. The van der Waals surface area contributed by atoms with Gasteiger partial charge in [0.05, 0.1) is 19.0 Å². The first-order valence-corrected chi connectivity index (χ1v) is 5.91. The molecule has 2 N–H and O–H groups in total. The largest absolute Gasteiger partial charge is 0.379 e. The van der Waals surface area contributed by atoms with Gasteiger partial charge in [0.25, 0.3) is 10.1 Å². The average molecular weight is 211 g/mol. The van der Waals surface area contributed by atoms with Crippen molar-refractivity contribution < 1.29 is 17.7 Å². The topological polar surface area (TPSA) is 75.6 Å². The number of hydrogen-bond donors (Lipinski definition) is 2. The molecule has 0 aromatic carbocycles. The van der Waals surface area contributed by atoms with E-state index >= 15 is 0 Å². The summed E-state index contributed by atoms with van der Waals surface area (Å²) < 4.78 is 32.6. The van der Waals surface area contributed by atoms with E-state index in [4.69, 9.17) is 9.29 Å². The Balaban J connectivity index is 0.000000223. The van der Waals surface area contributed by atoms with Gasteiger partial charge >= 0.3 is 0 Å². The second-order valence-electron chi connectivity index (χ2n) is 2.65. The number of rotatable bonds is 2. The summed E-state index contributed by atoms with van der Waals surface area (Å²) in [5, 5.41) is 3.16. The van der Waals surface area contributed by atoms with Crippen molar-refractivity contribution in [3.05, 3.63) is 0 Å². The van der Waals surface area contributed by atoms with Crippen molar-refractivity contribution in [2.24, 2.45) is 0 Å². The van der Waals surface area contributed by atoms with E-state index < -0.39 is 10.1 Å². The second-order valence-corrected chi connectivity index (χ2v) is 4.22. The molecule has 0 aromatic heterocycles. The van der Waals surface area contributed by atoms with Gasteiger partial charge in [-0.25, -0.2) is 0 Å². The van der Waals surface area contributed by atoms with Gasteiger partial charge in [0, 0.05) is 13.1 Å². The SMILES string of the molecule is C1COCCN1.CCCS(=O)(=O)O. The van der Waals surface area contributed by atoms with Crippen LogP contribution < -0.4 is 5.32 Å². The van der Waals surface area contributed by atoms with Crippen LogP contribution >= 0.6 is 0 Å². The lowest BCUT2D eigenvalue weighted by atomic mass is 10.5. The van der Waals surface area contributed by atoms with Crippen LogP contribution in [0.2, 0.25) is 0 Å². The highest BCUT2D eigenvalue weighted by Crippen LogP contribution is 1.83. The Morgan fingerprint density at radius 1 is 1.38 bits per heavy atom. The molecular formula is C7H17NO4S. The predicted octanol–water partition coefficient (Wildman–Crippen LogP) is -0.110. The highest BCUT2D eigenvalue weighted by atomic mass is 32.2. The van der Waals surface area contributed by atoms with Crippen molar-refractivity contribution in [1.29, 1.82) is 0 Å². The quantitative estimate of drug-likeness (QED) is 0.623. The highest BCUT2D eigenvalue weighted by Gasteiger charge is 1.98. The normalized spacial score (nSPS) is 17.4. The van der Waals surface area contributed by atoms with Gasteiger partial charge in [0.1, 0.15) is 0 Å². The maximum Gasteiger partial charge on any atom is 0.264 e. The summed E-state index contributed by atoms with van der Waals surface area (Å²) in [5.74, 6) is -0.132. The molecule has 0 aliphatic carbocycles. The van der Waals surface area contributed by atoms with Gasteiger partial charge in [0.2, 0.25) is 0 Å². The molecule has 0 bridgehead atoms. The maximum atomic E-state index is 9.79. The summed E-state index contributed by atoms with van der Waals surface area (Å²) in [6, 6.07) is 0. The number of hydrogen-bond acceptors (Lipinski definition) is 4. The van der Waals surface area contributed by atoms with Crippen LogP contribution in [0.1, 0.15) is 13.3 Å². The van der Waals surface area contributed by atoms with Crippen molar-refractivity contribution in [2.45, 2.75) is 13.3 Å². The van der Waals surface area contributed by atoms with Gasteiger partial charge in [-0.05, 0) is 6.42 Å². The third kappa shape index (κ3) is 11.8.